The molecule has 3 nitrogen and oxygen atoms in total. The zero-order valence-electron chi connectivity index (χ0n) is 12.0. The van der Waals surface area contributed by atoms with E-state index in [4.69, 9.17) is 12.2 Å². The predicted octanol–water partition coefficient (Wildman–Crippen LogP) is 3.34. The van der Waals surface area contributed by atoms with Gasteiger partial charge in [-0.25, -0.2) is 0 Å². The topological polar surface area (TPSA) is 36.4 Å². The Morgan fingerprint density at radius 2 is 2.05 bits per heavy atom. The second-order valence-electron chi connectivity index (χ2n) is 5.91. The summed E-state index contributed by atoms with van der Waals surface area (Å²) in [6.07, 6.45) is 11.1. The lowest BCUT2D eigenvalue weighted by molar-refractivity contribution is 0.389. The minimum Gasteiger partial charge on any atom is -0.358 e. The van der Waals surface area contributed by atoms with E-state index in [1.165, 1.54) is 25.7 Å². The summed E-state index contributed by atoms with van der Waals surface area (Å²) in [5.74, 6) is 1.74. The van der Waals surface area contributed by atoms with Gasteiger partial charge in [0.15, 0.2) is 5.11 Å². The first-order valence-electron chi connectivity index (χ1n) is 7.62. The van der Waals surface area contributed by atoms with Gasteiger partial charge in [0.25, 0.3) is 0 Å². The van der Waals surface area contributed by atoms with E-state index in [1.807, 2.05) is 30.4 Å². The average molecular weight is 299 g/mol. The van der Waals surface area contributed by atoms with Crippen molar-refractivity contribution in [3.63, 3.8) is 0 Å². The van der Waals surface area contributed by atoms with Crippen LogP contribution in [0.2, 0.25) is 0 Å². The highest BCUT2D eigenvalue weighted by Gasteiger charge is 2.39. The summed E-state index contributed by atoms with van der Waals surface area (Å²) in [6.45, 7) is 0. The molecule has 21 heavy (non-hydrogen) atoms. The molecule has 4 heteroatoms. The van der Waals surface area contributed by atoms with E-state index in [0.717, 1.165) is 17.4 Å². The van der Waals surface area contributed by atoms with Gasteiger partial charge in [-0.1, -0.05) is 42.8 Å². The number of nitrogens with zero attached hydrogens (tertiary/aromatic N) is 1. The molecule has 3 atom stereocenters. The minimum absolute atomic E-state index is 0.554. The van der Waals surface area contributed by atoms with Crippen LogP contribution in [0.1, 0.15) is 31.2 Å². The second kappa shape index (κ2) is 6.85. The van der Waals surface area contributed by atoms with Crippen LogP contribution in [0.25, 0.3) is 6.08 Å². The molecule has 2 aliphatic carbocycles. The summed E-state index contributed by atoms with van der Waals surface area (Å²) >= 11 is 5.29. The van der Waals surface area contributed by atoms with Gasteiger partial charge in [-0.05, 0) is 55.0 Å². The summed E-state index contributed by atoms with van der Waals surface area (Å²) in [7, 11) is 0. The first-order valence-corrected chi connectivity index (χ1v) is 8.03. The average Bonchev–Trinajstić information content (AvgIpc) is 3.10. The van der Waals surface area contributed by atoms with Gasteiger partial charge in [-0.2, -0.15) is 5.10 Å². The third-order valence-corrected chi connectivity index (χ3v) is 4.68. The Hall–Kier alpha value is -1.68. The van der Waals surface area contributed by atoms with E-state index in [-0.39, 0.29) is 0 Å². The highest BCUT2D eigenvalue weighted by atomic mass is 32.1. The third kappa shape index (κ3) is 3.91. The van der Waals surface area contributed by atoms with Crippen LogP contribution >= 0.6 is 12.2 Å². The highest BCUT2D eigenvalue weighted by molar-refractivity contribution is 7.80. The molecule has 1 aromatic rings. The molecule has 0 spiro atoms. The monoisotopic (exact) mass is 299 g/mol. The molecule has 0 amide bonds. The van der Waals surface area contributed by atoms with Crippen LogP contribution in [0.15, 0.2) is 41.5 Å². The van der Waals surface area contributed by atoms with Crippen LogP contribution in [0, 0.1) is 11.8 Å². The van der Waals surface area contributed by atoms with Crippen molar-refractivity contribution in [3.05, 3.63) is 42.0 Å². The van der Waals surface area contributed by atoms with Gasteiger partial charge in [0.2, 0.25) is 0 Å². The molecule has 110 valence electrons. The van der Waals surface area contributed by atoms with Crippen molar-refractivity contribution in [2.75, 3.05) is 0 Å². The van der Waals surface area contributed by atoms with Crippen molar-refractivity contribution in [3.8, 4) is 0 Å². The Morgan fingerprint density at radius 3 is 2.76 bits per heavy atom. The summed E-state index contributed by atoms with van der Waals surface area (Å²) in [6, 6.07) is 10.7. The number of rotatable bonds is 4. The standard InChI is InChI=1S/C17H21N3S/c21-17(19-16-12-14-8-9-15(16)11-14)20-18-10-4-7-13-5-2-1-3-6-13/h1-7,10,14-16H,8-9,11-12H2,(H2,19,20,21)/b7-4+,18-10-. The molecule has 0 aliphatic heterocycles. The van der Waals surface area contributed by atoms with Crippen molar-refractivity contribution in [1.29, 1.82) is 0 Å². The van der Waals surface area contributed by atoms with Crippen molar-refractivity contribution in [2.45, 2.75) is 31.7 Å². The number of thiocarbonyl (C=S) groups is 1. The fourth-order valence-corrected chi connectivity index (χ4v) is 3.68. The molecule has 2 saturated carbocycles. The largest absolute Gasteiger partial charge is 0.358 e. The quantitative estimate of drug-likeness (QED) is 0.508. The van der Waals surface area contributed by atoms with Crippen LogP contribution < -0.4 is 10.7 Å². The maximum Gasteiger partial charge on any atom is 0.187 e. The van der Waals surface area contributed by atoms with Crippen molar-refractivity contribution >= 4 is 29.6 Å². The summed E-state index contributed by atoms with van der Waals surface area (Å²) in [5, 5.41) is 8.16. The van der Waals surface area contributed by atoms with Gasteiger partial charge in [0.1, 0.15) is 0 Å². The van der Waals surface area contributed by atoms with Gasteiger partial charge in [0.05, 0.1) is 0 Å². The van der Waals surface area contributed by atoms with Gasteiger partial charge in [-0.3, -0.25) is 5.43 Å². The number of allylic oxidation sites excluding steroid dienone is 1. The van der Waals surface area contributed by atoms with E-state index in [2.05, 4.69) is 28.0 Å². The Bertz CT molecular complexity index is 538. The van der Waals surface area contributed by atoms with Crippen LogP contribution in [-0.2, 0) is 0 Å². The van der Waals surface area contributed by atoms with E-state index in [0.29, 0.717) is 11.2 Å². The molecule has 2 bridgehead atoms. The van der Waals surface area contributed by atoms with Crippen LogP contribution in [0.5, 0.6) is 0 Å². The second-order valence-corrected chi connectivity index (χ2v) is 6.32. The number of benzene rings is 1. The van der Waals surface area contributed by atoms with E-state index < -0.39 is 0 Å². The summed E-state index contributed by atoms with van der Waals surface area (Å²) < 4.78 is 0. The fourth-order valence-electron chi connectivity index (χ4n) is 3.48. The summed E-state index contributed by atoms with van der Waals surface area (Å²) in [4.78, 5) is 0. The predicted molar refractivity (Wildman–Crippen MR) is 92.1 cm³/mol. The zero-order chi connectivity index (χ0) is 14.5. The molecular weight excluding hydrogens is 278 g/mol. The van der Waals surface area contributed by atoms with E-state index in [9.17, 15) is 0 Å². The Labute approximate surface area is 131 Å². The number of hydrazone groups is 1. The SMILES string of the molecule is S=C(N/N=C\C=C\c1ccccc1)NC1CC2CCC1C2. The minimum atomic E-state index is 0.554. The Kier molecular flexibility index (Phi) is 4.65. The van der Waals surface area contributed by atoms with Crippen LogP contribution in [0.3, 0.4) is 0 Å². The Morgan fingerprint density at radius 1 is 1.19 bits per heavy atom. The maximum atomic E-state index is 5.29. The number of nitrogens with one attached hydrogen (secondary N) is 2. The molecule has 0 saturated heterocycles. The first-order chi connectivity index (χ1) is 10.3. The van der Waals surface area contributed by atoms with Gasteiger partial charge in [0, 0.05) is 12.3 Å². The van der Waals surface area contributed by atoms with Gasteiger partial charge in [-0.15, -0.1) is 0 Å². The molecule has 3 rings (SSSR count). The number of hydrogen-bond acceptors (Lipinski definition) is 2. The van der Waals surface area contributed by atoms with E-state index in [1.54, 1.807) is 6.21 Å². The first kappa shape index (κ1) is 14.3. The van der Waals surface area contributed by atoms with Crippen LogP contribution in [0.4, 0.5) is 0 Å². The number of hydrogen-bond donors (Lipinski definition) is 2. The molecule has 2 aliphatic rings. The van der Waals surface area contributed by atoms with Crippen LogP contribution in [-0.4, -0.2) is 17.4 Å². The molecule has 0 aromatic heterocycles. The zero-order valence-corrected chi connectivity index (χ0v) is 12.9. The molecule has 2 N–H and O–H groups in total. The highest BCUT2D eigenvalue weighted by Crippen LogP contribution is 2.44. The molecule has 3 unspecified atom stereocenters. The van der Waals surface area contributed by atoms with Gasteiger partial charge < -0.3 is 5.32 Å². The lowest BCUT2D eigenvalue weighted by atomic mass is 9.96. The molecule has 1 aromatic carbocycles. The van der Waals surface area contributed by atoms with Crippen molar-refractivity contribution in [1.82, 2.24) is 10.7 Å². The Balaban J connectivity index is 1.39. The third-order valence-electron chi connectivity index (χ3n) is 4.47. The molecular formula is C17H21N3S. The lowest BCUT2D eigenvalue weighted by Gasteiger charge is -2.23. The molecule has 0 heterocycles. The molecule has 0 radical (unpaired) electrons. The van der Waals surface area contributed by atoms with Crippen molar-refractivity contribution < 1.29 is 0 Å². The fraction of sp³-hybridized carbons (Fsp3) is 0.412. The normalized spacial score (nSPS) is 27.5. The van der Waals surface area contributed by atoms with Gasteiger partial charge >= 0.3 is 0 Å². The number of fused-ring (bicyclic) bond motifs is 2. The molecule has 2 fully saturated rings. The maximum absolute atomic E-state index is 5.29. The smallest absolute Gasteiger partial charge is 0.187 e. The van der Waals surface area contributed by atoms with Crippen molar-refractivity contribution in [2.24, 2.45) is 16.9 Å². The lowest BCUT2D eigenvalue weighted by Crippen LogP contribution is -2.42. The van der Waals surface area contributed by atoms with E-state index >= 15 is 0 Å². The summed E-state index contributed by atoms with van der Waals surface area (Å²) in [5.41, 5.74) is 4.05.